The summed E-state index contributed by atoms with van der Waals surface area (Å²) in [5, 5.41) is 65.0. The van der Waals surface area contributed by atoms with E-state index in [1.54, 1.807) is 18.9 Å². The van der Waals surface area contributed by atoms with E-state index >= 15 is 0 Å². The van der Waals surface area contributed by atoms with Crippen molar-refractivity contribution in [3.05, 3.63) is 53.3 Å². The molecule has 0 bridgehead atoms. The molecule has 0 aromatic heterocycles. The highest BCUT2D eigenvalue weighted by molar-refractivity contribution is 6.23. The fraction of sp³-hybridized carbons (Fsp3) is 0.535. The molecular weight excluding hydrogens is 764 g/mol. The first-order chi connectivity index (χ1) is 27.7. The lowest BCUT2D eigenvalue weighted by Gasteiger charge is -2.35. The molecule has 0 aliphatic carbocycles. The lowest BCUT2D eigenvalue weighted by Crippen LogP contribution is -2.43. The van der Waals surface area contributed by atoms with Gasteiger partial charge in [0.05, 0.1) is 53.0 Å². The fourth-order valence-corrected chi connectivity index (χ4v) is 7.21. The van der Waals surface area contributed by atoms with Crippen molar-refractivity contribution >= 4 is 40.3 Å². The van der Waals surface area contributed by atoms with E-state index in [4.69, 9.17) is 18.9 Å². The molecule has 2 aliphatic rings. The average molecular weight is 825 g/mol. The summed E-state index contributed by atoms with van der Waals surface area (Å²) >= 11 is 0. The van der Waals surface area contributed by atoms with Crippen molar-refractivity contribution in [3.8, 4) is 23.0 Å². The van der Waals surface area contributed by atoms with Gasteiger partial charge in [-0.2, -0.15) is 5.10 Å². The van der Waals surface area contributed by atoms with Crippen molar-refractivity contribution in [3.63, 3.8) is 0 Å². The van der Waals surface area contributed by atoms with Gasteiger partial charge in [-0.1, -0.05) is 46.4 Å². The first-order valence-corrected chi connectivity index (χ1v) is 19.7. The van der Waals surface area contributed by atoms with Crippen LogP contribution < -0.4 is 10.1 Å². The number of phenols is 3. The molecule has 2 heterocycles. The number of carbonyl (C=O) groups is 3. The van der Waals surface area contributed by atoms with Crippen molar-refractivity contribution in [2.45, 2.75) is 92.0 Å². The quantitative estimate of drug-likeness (QED) is 0.0242. The lowest BCUT2D eigenvalue weighted by molar-refractivity contribution is -0.158. The Balaban J connectivity index is 1.75. The third kappa shape index (κ3) is 10.0. The number of hydrazone groups is 1. The molecule has 0 unspecified atom stereocenters. The molecule has 7 atom stereocenters. The first-order valence-electron chi connectivity index (χ1n) is 19.7. The molecule has 2 aromatic rings. The van der Waals surface area contributed by atoms with E-state index in [0.29, 0.717) is 13.1 Å². The summed E-state index contributed by atoms with van der Waals surface area (Å²) < 4.78 is 23.4. The van der Waals surface area contributed by atoms with Gasteiger partial charge in [0.1, 0.15) is 23.4 Å². The van der Waals surface area contributed by atoms with Gasteiger partial charge in [0.15, 0.2) is 5.75 Å². The van der Waals surface area contributed by atoms with E-state index in [1.807, 2.05) is 20.9 Å². The molecule has 0 saturated carbocycles. The Labute approximate surface area is 345 Å². The minimum atomic E-state index is -2.05. The SMILES string of the molecule is C=C/C=C(/C)C(=O)Nc1c(/C=N/N2CCN(C)CC2)c(O)c2c3c(c(C)c(O)c2c1O)O[C@](C)(O/C=C/[C@H](OC)[C@@H](C)[C@@H](OC(C)=O)[C@H](C)[C@H](O)C[C@@H](O)C(C)C)C3=O. The number of benzene rings is 2. The monoisotopic (exact) mass is 824 g/mol. The van der Waals surface area contributed by atoms with Crippen molar-refractivity contribution in [2.75, 3.05) is 45.7 Å². The highest BCUT2D eigenvalue weighted by Crippen LogP contribution is 2.55. The number of methoxy groups -OCH3 is 1. The predicted octanol–water partition coefficient (Wildman–Crippen LogP) is 4.73. The van der Waals surface area contributed by atoms with Gasteiger partial charge >= 0.3 is 11.8 Å². The third-order valence-corrected chi connectivity index (χ3v) is 11.2. The summed E-state index contributed by atoms with van der Waals surface area (Å²) in [5.41, 5.74) is -0.276. The number of ketones is 1. The number of phenolic OH excluding ortho intramolecular Hbond substituents is 3. The first kappa shape index (κ1) is 46.5. The highest BCUT2D eigenvalue weighted by atomic mass is 16.7. The standard InChI is InChI=1S/C43H60N4O12/c1-12-13-23(4)42(55)45-35-28(21-44-47-17-15-46(10)16-18-47)37(52)32-33(38(35)53)36(51)26(7)40-34(32)41(54)43(9,59-40)57-19-14-31(56-11)25(6)39(58-27(8)48)24(5)30(50)20-29(49)22(2)3/h12-14,19,21-22,24-25,29-31,39,49-53H,1,15-18,20H2,2-11H3,(H,45,55)/b19-14+,23-13-,44-21+/t24-,25-,29-,30-,31+,39+,43+/m1/s1. The van der Waals surface area contributed by atoms with Crippen LogP contribution >= 0.6 is 0 Å². The minimum Gasteiger partial charge on any atom is -0.507 e. The maximum atomic E-state index is 14.4. The normalized spacial score (nSPS) is 20.7. The van der Waals surface area contributed by atoms with Crippen molar-refractivity contribution < 1.29 is 58.9 Å². The van der Waals surface area contributed by atoms with Crippen molar-refractivity contribution in [2.24, 2.45) is 22.9 Å². The van der Waals surface area contributed by atoms with Gasteiger partial charge in [0.2, 0.25) is 0 Å². The Hall–Kier alpha value is -5.16. The largest absolute Gasteiger partial charge is 0.507 e. The minimum absolute atomic E-state index is 0.0495. The number of allylic oxidation sites excluding steroid dienone is 2. The third-order valence-electron chi connectivity index (χ3n) is 11.2. The van der Waals surface area contributed by atoms with Crippen LogP contribution in [0.1, 0.15) is 76.4 Å². The molecule has 1 fully saturated rings. The van der Waals surface area contributed by atoms with Crippen LogP contribution in [-0.4, -0.2) is 130 Å². The van der Waals surface area contributed by atoms with Gasteiger partial charge in [-0.15, -0.1) is 0 Å². The van der Waals surface area contributed by atoms with Crippen molar-refractivity contribution in [1.29, 1.82) is 0 Å². The molecule has 2 aliphatic heterocycles. The van der Waals surface area contributed by atoms with Crippen LogP contribution in [0.5, 0.6) is 23.0 Å². The number of nitrogens with one attached hydrogen (secondary N) is 1. The molecule has 0 spiro atoms. The average Bonchev–Trinajstić information content (AvgIpc) is 3.45. The maximum absolute atomic E-state index is 14.4. The number of amides is 1. The Morgan fingerprint density at radius 2 is 1.64 bits per heavy atom. The van der Waals surface area contributed by atoms with Gasteiger partial charge in [-0.05, 0) is 39.3 Å². The molecule has 0 radical (unpaired) electrons. The number of fused-ring (bicyclic) bond motifs is 3. The Kier molecular flexibility index (Phi) is 15.2. The van der Waals surface area contributed by atoms with Gasteiger partial charge in [-0.25, -0.2) is 0 Å². The van der Waals surface area contributed by atoms with E-state index in [0.717, 1.165) is 13.1 Å². The second kappa shape index (κ2) is 19.3. The second-order valence-corrected chi connectivity index (χ2v) is 15.9. The highest BCUT2D eigenvalue weighted by Gasteiger charge is 2.50. The number of aliphatic hydroxyl groups is 2. The molecule has 16 nitrogen and oxygen atoms in total. The molecule has 59 heavy (non-hydrogen) atoms. The number of anilines is 1. The maximum Gasteiger partial charge on any atom is 0.312 e. The molecule has 1 saturated heterocycles. The smallest absolute Gasteiger partial charge is 0.312 e. The van der Waals surface area contributed by atoms with E-state index in [9.17, 15) is 39.9 Å². The number of aromatic hydroxyl groups is 3. The van der Waals surface area contributed by atoms with E-state index in [1.165, 1.54) is 65.5 Å². The van der Waals surface area contributed by atoms with Gasteiger partial charge in [-0.3, -0.25) is 19.4 Å². The second-order valence-electron chi connectivity index (χ2n) is 15.9. The molecule has 1 amide bonds. The number of aliphatic hydroxyl groups excluding tert-OH is 2. The van der Waals surface area contributed by atoms with E-state index in [-0.39, 0.29) is 56.8 Å². The number of piperazine rings is 1. The van der Waals surface area contributed by atoms with Crippen LogP contribution in [0.25, 0.3) is 10.8 Å². The summed E-state index contributed by atoms with van der Waals surface area (Å²) in [7, 11) is 3.41. The number of ether oxygens (including phenoxy) is 4. The van der Waals surface area contributed by atoms with E-state index in [2.05, 4.69) is 21.9 Å². The van der Waals surface area contributed by atoms with Crippen LogP contribution in [0.4, 0.5) is 5.69 Å². The molecular formula is C43H60N4O12. The summed E-state index contributed by atoms with van der Waals surface area (Å²) in [6.07, 6.45) is 3.52. The molecule has 6 N–H and O–H groups in total. The van der Waals surface area contributed by atoms with Crippen LogP contribution in [0, 0.1) is 24.7 Å². The van der Waals surface area contributed by atoms with Crippen LogP contribution in [0.2, 0.25) is 0 Å². The number of esters is 1. The van der Waals surface area contributed by atoms with E-state index < -0.39 is 76.9 Å². The zero-order chi connectivity index (χ0) is 44.1. The molecule has 2 aromatic carbocycles. The van der Waals surface area contributed by atoms with Crippen LogP contribution in [0.15, 0.2) is 41.7 Å². The Morgan fingerprint density at radius 1 is 1.00 bits per heavy atom. The number of nitrogens with zero attached hydrogens (tertiary/aromatic N) is 3. The van der Waals surface area contributed by atoms with Crippen LogP contribution in [-0.2, 0) is 23.8 Å². The number of rotatable bonds is 17. The predicted molar refractivity (Wildman–Crippen MR) is 223 cm³/mol. The molecule has 4 rings (SSSR count). The summed E-state index contributed by atoms with van der Waals surface area (Å²) in [6.45, 7) is 19.0. The fourth-order valence-electron chi connectivity index (χ4n) is 7.21. The molecule has 16 heteroatoms. The summed E-state index contributed by atoms with van der Waals surface area (Å²) in [4.78, 5) is 41.9. The molecule has 324 valence electrons. The number of likely N-dealkylation sites (N-methyl/N-ethyl adjacent to an activating group) is 1. The number of hydrogen-bond acceptors (Lipinski definition) is 15. The zero-order valence-electron chi connectivity index (χ0n) is 35.6. The Morgan fingerprint density at radius 3 is 2.22 bits per heavy atom. The van der Waals surface area contributed by atoms with Gasteiger partial charge in [0.25, 0.3) is 11.7 Å². The van der Waals surface area contributed by atoms with Crippen molar-refractivity contribution in [1.82, 2.24) is 9.91 Å². The van der Waals surface area contributed by atoms with Crippen LogP contribution in [0.3, 0.4) is 0 Å². The zero-order valence-corrected chi connectivity index (χ0v) is 35.6. The number of Topliss-reactive ketones (excluding diaryl/α,β-unsaturated/α-hetero) is 1. The number of carbonyl (C=O) groups excluding carboxylic acids is 3. The summed E-state index contributed by atoms with van der Waals surface area (Å²) in [5.74, 6) is -7.08. The summed E-state index contributed by atoms with van der Waals surface area (Å²) in [6, 6.07) is 0. The topological polar surface area (TPSA) is 220 Å². The number of hydrogen-bond donors (Lipinski definition) is 6. The van der Waals surface area contributed by atoms with Gasteiger partial charge in [0, 0.05) is 75.5 Å². The Bertz CT molecular complexity index is 2000. The lowest BCUT2D eigenvalue weighted by atomic mass is 9.83. The van der Waals surface area contributed by atoms with Gasteiger partial charge < -0.3 is 54.7 Å².